The smallest absolute Gasteiger partial charge is 0.210 e. The molecule has 0 atom stereocenters. The first-order chi connectivity index (χ1) is 14.2. The molecule has 0 amide bonds. The molecule has 0 heterocycles. The van der Waals surface area contributed by atoms with Crippen molar-refractivity contribution in [3.8, 4) is 0 Å². The number of hydrogen-bond donors (Lipinski definition) is 2. The third-order valence-electron chi connectivity index (χ3n) is 3.64. The molecule has 2 aromatic rings. The van der Waals surface area contributed by atoms with Crippen molar-refractivity contribution in [2.45, 2.75) is 9.79 Å². The summed E-state index contributed by atoms with van der Waals surface area (Å²) in [7, 11) is -19.3. The third kappa shape index (κ3) is 6.81. The molecule has 0 spiro atoms. The van der Waals surface area contributed by atoms with Crippen LogP contribution < -0.4 is 8.25 Å². The predicted octanol–water partition coefficient (Wildman–Crippen LogP) is 0.847. The zero-order valence-corrected chi connectivity index (χ0v) is 19.1. The summed E-state index contributed by atoms with van der Waals surface area (Å²) in [6.07, 6.45) is 2.87. The Morgan fingerprint density at radius 3 is 1.13 bits per heavy atom. The fourth-order valence-corrected chi connectivity index (χ4v) is 9.57. The Balaban J connectivity index is 2.21. The molecule has 0 aromatic heterocycles. The molecule has 0 aliphatic heterocycles. The molecular weight excluding hydrogens is 488 g/mol. The fraction of sp³-hybridized carbons (Fsp3) is 0.0588. The van der Waals surface area contributed by atoms with Gasteiger partial charge < -0.3 is 0 Å². The van der Waals surface area contributed by atoms with E-state index < -0.39 is 55.0 Å². The van der Waals surface area contributed by atoms with E-state index in [2.05, 4.69) is 13.2 Å². The molecule has 10 nitrogen and oxygen atoms in total. The first-order valence-electron chi connectivity index (χ1n) is 8.17. The van der Waals surface area contributed by atoms with Gasteiger partial charge in [0.1, 0.15) is 0 Å². The van der Waals surface area contributed by atoms with Gasteiger partial charge in [-0.1, -0.05) is 49.6 Å². The highest BCUT2D eigenvalue weighted by molar-refractivity contribution is 8.15. The second-order valence-electron chi connectivity index (χ2n) is 6.07. The SMILES string of the molecule is C=Cc1ccc(S(=O)(=O)NS(=O)(=O)CS(=O)(=O)NS(=O)(=O)c2ccc(C=C)cc2)cc1. The van der Waals surface area contributed by atoms with Crippen LogP contribution in [-0.2, 0) is 40.1 Å². The second kappa shape index (κ2) is 9.02. The van der Waals surface area contributed by atoms with Crippen molar-refractivity contribution in [2.24, 2.45) is 0 Å². The van der Waals surface area contributed by atoms with Crippen molar-refractivity contribution in [3.05, 3.63) is 72.8 Å². The molecule has 31 heavy (non-hydrogen) atoms. The zero-order chi connectivity index (χ0) is 23.5. The van der Waals surface area contributed by atoms with Gasteiger partial charge in [-0.15, -0.1) is 8.25 Å². The molecule has 0 aliphatic carbocycles. The van der Waals surface area contributed by atoms with Crippen LogP contribution in [0.2, 0.25) is 0 Å². The molecule has 0 fully saturated rings. The summed E-state index contributed by atoms with van der Waals surface area (Å²) >= 11 is 0. The number of sulfonamides is 4. The van der Waals surface area contributed by atoms with Gasteiger partial charge in [-0.05, 0) is 35.4 Å². The van der Waals surface area contributed by atoms with Crippen molar-refractivity contribution >= 4 is 52.2 Å². The van der Waals surface area contributed by atoms with E-state index in [1.165, 1.54) is 44.7 Å². The van der Waals surface area contributed by atoms with E-state index in [1.807, 2.05) is 0 Å². The summed E-state index contributed by atoms with van der Waals surface area (Å²) in [4.78, 5) is -0.885. The van der Waals surface area contributed by atoms with Gasteiger partial charge in [0.25, 0.3) is 20.0 Å². The molecule has 0 saturated heterocycles. The number of nitrogens with one attached hydrogen (secondary N) is 2. The summed E-state index contributed by atoms with van der Waals surface area (Å²) in [6, 6.07) is 9.82. The lowest BCUT2D eigenvalue weighted by atomic mass is 10.2. The van der Waals surface area contributed by atoms with Gasteiger partial charge >= 0.3 is 0 Å². The Morgan fingerprint density at radius 2 is 0.871 bits per heavy atom. The molecular formula is C17H18N2O8S4. The van der Waals surface area contributed by atoms with Gasteiger partial charge in [0.2, 0.25) is 20.0 Å². The quantitative estimate of drug-likeness (QED) is 0.479. The highest BCUT2D eigenvalue weighted by Gasteiger charge is 2.31. The van der Waals surface area contributed by atoms with Gasteiger partial charge in [-0.25, -0.2) is 33.7 Å². The highest BCUT2D eigenvalue weighted by atomic mass is 32.3. The summed E-state index contributed by atoms with van der Waals surface area (Å²) in [5, 5.41) is -1.84. The lowest BCUT2D eigenvalue weighted by Gasteiger charge is -2.10. The van der Waals surface area contributed by atoms with Crippen LogP contribution in [0, 0.1) is 0 Å². The molecule has 2 rings (SSSR count). The molecule has 0 unspecified atom stereocenters. The maximum atomic E-state index is 12.2. The fourth-order valence-electron chi connectivity index (χ4n) is 2.25. The lowest BCUT2D eigenvalue weighted by molar-refractivity contribution is 0.574. The van der Waals surface area contributed by atoms with Gasteiger partial charge in [0.15, 0.2) is 5.08 Å². The van der Waals surface area contributed by atoms with Crippen LogP contribution in [-0.4, -0.2) is 38.8 Å². The van der Waals surface area contributed by atoms with Gasteiger partial charge in [-0.2, -0.15) is 0 Å². The molecule has 0 aliphatic rings. The van der Waals surface area contributed by atoms with E-state index in [1.54, 1.807) is 0 Å². The van der Waals surface area contributed by atoms with E-state index in [-0.39, 0.29) is 0 Å². The lowest BCUT2D eigenvalue weighted by Crippen LogP contribution is -2.40. The van der Waals surface area contributed by atoms with Crippen LogP contribution in [0.15, 0.2) is 71.5 Å². The average Bonchev–Trinajstić information content (AvgIpc) is 2.65. The second-order valence-corrected chi connectivity index (χ2v) is 13.8. The molecule has 2 N–H and O–H groups in total. The predicted molar refractivity (Wildman–Crippen MR) is 116 cm³/mol. The Bertz CT molecular complexity index is 1300. The maximum Gasteiger partial charge on any atom is 0.253 e. The van der Waals surface area contributed by atoms with Crippen molar-refractivity contribution < 1.29 is 33.7 Å². The monoisotopic (exact) mass is 506 g/mol. The minimum Gasteiger partial charge on any atom is -0.210 e. The van der Waals surface area contributed by atoms with Crippen LogP contribution in [0.25, 0.3) is 12.2 Å². The Labute approximate surface area is 181 Å². The van der Waals surface area contributed by atoms with Gasteiger partial charge in [-0.3, -0.25) is 0 Å². The van der Waals surface area contributed by atoms with E-state index in [4.69, 9.17) is 0 Å². The maximum absolute atomic E-state index is 12.2. The van der Waals surface area contributed by atoms with Crippen LogP contribution in [0.4, 0.5) is 0 Å². The molecule has 14 heteroatoms. The number of rotatable bonds is 10. The average molecular weight is 507 g/mol. The van der Waals surface area contributed by atoms with Crippen LogP contribution in [0.5, 0.6) is 0 Å². The third-order valence-corrected chi connectivity index (χ3v) is 11.7. The molecule has 0 saturated carbocycles. The van der Waals surface area contributed by atoms with Crippen LogP contribution in [0.3, 0.4) is 0 Å². The summed E-state index contributed by atoms with van der Waals surface area (Å²) in [6.45, 7) is 6.99. The minimum absolute atomic E-state index is 0.443. The summed E-state index contributed by atoms with van der Waals surface area (Å²) in [5.74, 6) is 0. The van der Waals surface area contributed by atoms with Crippen molar-refractivity contribution in [1.29, 1.82) is 0 Å². The molecule has 0 bridgehead atoms. The van der Waals surface area contributed by atoms with Gasteiger partial charge in [0.05, 0.1) is 9.79 Å². The highest BCUT2D eigenvalue weighted by Crippen LogP contribution is 2.14. The van der Waals surface area contributed by atoms with Gasteiger partial charge in [0, 0.05) is 0 Å². The number of hydrogen-bond acceptors (Lipinski definition) is 8. The normalized spacial score (nSPS) is 12.9. The van der Waals surface area contributed by atoms with E-state index in [9.17, 15) is 33.7 Å². The Morgan fingerprint density at radius 1 is 0.581 bits per heavy atom. The van der Waals surface area contributed by atoms with Crippen LogP contribution >= 0.6 is 0 Å². The van der Waals surface area contributed by atoms with Crippen molar-refractivity contribution in [2.75, 3.05) is 5.08 Å². The van der Waals surface area contributed by atoms with Crippen molar-refractivity contribution in [3.63, 3.8) is 0 Å². The van der Waals surface area contributed by atoms with Crippen LogP contribution in [0.1, 0.15) is 11.1 Å². The van der Waals surface area contributed by atoms with E-state index in [0.29, 0.717) is 11.1 Å². The first kappa shape index (κ1) is 24.9. The van der Waals surface area contributed by atoms with Crippen molar-refractivity contribution in [1.82, 2.24) is 8.25 Å². The summed E-state index contributed by atoms with van der Waals surface area (Å²) in [5.41, 5.74) is 1.14. The summed E-state index contributed by atoms with van der Waals surface area (Å²) < 4.78 is 100. The zero-order valence-electron chi connectivity index (χ0n) is 15.8. The molecule has 168 valence electrons. The molecule has 2 aromatic carbocycles. The largest absolute Gasteiger partial charge is 0.253 e. The van der Waals surface area contributed by atoms with E-state index >= 15 is 0 Å². The topological polar surface area (TPSA) is 161 Å². The first-order valence-corrected chi connectivity index (χ1v) is 14.4. The Hall–Kier alpha value is -2.36. The Kier molecular flexibility index (Phi) is 7.24. The minimum atomic E-state index is -5.01. The number of benzene rings is 2. The standard InChI is InChI=1S/C17H18N2O8S4/c1-3-14-5-9-16(10-6-14)30(24,25)18-28(20,21)13-29(22,23)19-31(26,27)17-11-7-15(4-2)8-12-17/h3-12,18-19H,1-2,13H2. The van der Waals surface area contributed by atoms with E-state index in [0.717, 1.165) is 24.3 Å². The molecule has 0 radical (unpaired) electrons.